The Hall–Kier alpha value is -2.14. The summed E-state index contributed by atoms with van der Waals surface area (Å²) < 4.78 is 4.60. The zero-order valence-electron chi connectivity index (χ0n) is 9.87. The third kappa shape index (κ3) is 3.18. The molecule has 0 radical (unpaired) electrons. The standard InChI is InChI=1S/C13H15N3O2/c14-11(10-4-2-1-3-5-10)6-8-15-13(17)12-7-9-18-16-12/h1-5,7,9,11H,6,8,14H2,(H,15,17). The molecule has 94 valence electrons. The number of amides is 1. The lowest BCUT2D eigenvalue weighted by molar-refractivity contribution is 0.0943. The van der Waals surface area contributed by atoms with E-state index in [0.717, 1.165) is 5.56 Å². The van der Waals surface area contributed by atoms with Gasteiger partial charge in [-0.15, -0.1) is 0 Å². The van der Waals surface area contributed by atoms with Crippen LogP contribution in [0.15, 0.2) is 47.2 Å². The smallest absolute Gasteiger partial charge is 0.273 e. The van der Waals surface area contributed by atoms with E-state index in [1.807, 2.05) is 30.3 Å². The van der Waals surface area contributed by atoms with Gasteiger partial charge in [0.1, 0.15) is 6.26 Å². The second kappa shape index (κ2) is 5.97. The molecular weight excluding hydrogens is 230 g/mol. The summed E-state index contributed by atoms with van der Waals surface area (Å²) in [6.45, 7) is 0.502. The Balaban J connectivity index is 1.77. The van der Waals surface area contributed by atoms with Crippen LogP contribution < -0.4 is 11.1 Å². The van der Waals surface area contributed by atoms with Gasteiger partial charge in [0, 0.05) is 18.7 Å². The lowest BCUT2D eigenvalue weighted by Crippen LogP contribution is -2.27. The van der Waals surface area contributed by atoms with Crippen LogP contribution in [0.5, 0.6) is 0 Å². The number of nitrogens with one attached hydrogen (secondary N) is 1. The van der Waals surface area contributed by atoms with Gasteiger partial charge in [0.15, 0.2) is 5.69 Å². The number of benzene rings is 1. The highest BCUT2D eigenvalue weighted by atomic mass is 16.5. The lowest BCUT2D eigenvalue weighted by atomic mass is 10.1. The first-order valence-corrected chi connectivity index (χ1v) is 5.76. The SMILES string of the molecule is NC(CCNC(=O)c1ccon1)c1ccccc1. The van der Waals surface area contributed by atoms with Gasteiger partial charge in [-0.25, -0.2) is 0 Å². The van der Waals surface area contributed by atoms with Crippen molar-refractivity contribution in [1.29, 1.82) is 0 Å². The largest absolute Gasteiger partial charge is 0.364 e. The van der Waals surface area contributed by atoms with Crippen molar-refractivity contribution < 1.29 is 9.32 Å². The Labute approximate surface area is 105 Å². The van der Waals surface area contributed by atoms with Crippen LogP contribution in [0.25, 0.3) is 0 Å². The van der Waals surface area contributed by atoms with E-state index in [2.05, 4.69) is 15.0 Å². The fourth-order valence-corrected chi connectivity index (χ4v) is 1.63. The van der Waals surface area contributed by atoms with Crippen molar-refractivity contribution in [2.75, 3.05) is 6.54 Å². The molecule has 1 unspecified atom stereocenters. The van der Waals surface area contributed by atoms with Gasteiger partial charge >= 0.3 is 0 Å². The second-order valence-electron chi connectivity index (χ2n) is 3.95. The molecule has 0 aliphatic rings. The first-order chi connectivity index (χ1) is 8.77. The van der Waals surface area contributed by atoms with Crippen LogP contribution >= 0.6 is 0 Å². The van der Waals surface area contributed by atoms with Crippen LogP contribution in [0.4, 0.5) is 0 Å². The quantitative estimate of drug-likeness (QED) is 0.836. The summed E-state index contributed by atoms with van der Waals surface area (Å²) in [4.78, 5) is 11.5. The molecule has 2 aromatic rings. The minimum atomic E-state index is -0.246. The molecule has 0 aliphatic heterocycles. The summed E-state index contributed by atoms with van der Waals surface area (Å²) in [6.07, 6.45) is 2.04. The number of hydrogen-bond donors (Lipinski definition) is 2. The molecule has 1 aromatic carbocycles. The highest BCUT2D eigenvalue weighted by Gasteiger charge is 2.09. The highest BCUT2D eigenvalue weighted by Crippen LogP contribution is 2.12. The van der Waals surface area contributed by atoms with E-state index >= 15 is 0 Å². The summed E-state index contributed by atoms with van der Waals surface area (Å²) in [7, 11) is 0. The highest BCUT2D eigenvalue weighted by molar-refractivity contribution is 5.91. The average Bonchev–Trinajstić information content (AvgIpc) is 2.93. The van der Waals surface area contributed by atoms with Gasteiger partial charge in [0.05, 0.1) is 0 Å². The minimum absolute atomic E-state index is 0.0798. The van der Waals surface area contributed by atoms with Crippen LogP contribution in [-0.4, -0.2) is 17.6 Å². The van der Waals surface area contributed by atoms with Crippen LogP contribution in [0.2, 0.25) is 0 Å². The third-order valence-electron chi connectivity index (χ3n) is 2.64. The van der Waals surface area contributed by atoms with E-state index in [4.69, 9.17) is 5.73 Å². The monoisotopic (exact) mass is 245 g/mol. The van der Waals surface area contributed by atoms with Crippen molar-refractivity contribution in [2.24, 2.45) is 5.73 Å². The topological polar surface area (TPSA) is 81.1 Å². The van der Waals surface area contributed by atoms with Crippen molar-refractivity contribution in [3.8, 4) is 0 Å². The molecule has 0 saturated heterocycles. The van der Waals surface area contributed by atoms with Crippen molar-refractivity contribution in [3.63, 3.8) is 0 Å². The number of rotatable bonds is 5. The van der Waals surface area contributed by atoms with E-state index in [-0.39, 0.29) is 17.6 Å². The van der Waals surface area contributed by atoms with Crippen LogP contribution in [0.1, 0.15) is 28.5 Å². The molecular formula is C13H15N3O2. The molecule has 1 atom stereocenters. The van der Waals surface area contributed by atoms with E-state index in [1.165, 1.54) is 12.3 Å². The van der Waals surface area contributed by atoms with Crippen molar-refractivity contribution in [1.82, 2.24) is 10.5 Å². The Kier molecular flexibility index (Phi) is 4.09. The molecule has 1 amide bonds. The zero-order chi connectivity index (χ0) is 12.8. The van der Waals surface area contributed by atoms with Gasteiger partial charge in [0.2, 0.25) is 0 Å². The molecule has 1 aromatic heterocycles. The second-order valence-corrected chi connectivity index (χ2v) is 3.95. The number of aromatic nitrogens is 1. The van der Waals surface area contributed by atoms with Crippen molar-refractivity contribution in [3.05, 3.63) is 53.9 Å². The Morgan fingerprint density at radius 3 is 2.78 bits per heavy atom. The molecule has 0 spiro atoms. The minimum Gasteiger partial charge on any atom is -0.364 e. The van der Waals surface area contributed by atoms with Gasteiger partial charge < -0.3 is 15.6 Å². The molecule has 0 fully saturated rings. The van der Waals surface area contributed by atoms with Gasteiger partial charge in [-0.1, -0.05) is 35.5 Å². The van der Waals surface area contributed by atoms with Crippen LogP contribution in [0.3, 0.4) is 0 Å². The first kappa shape index (κ1) is 12.3. The van der Waals surface area contributed by atoms with Crippen molar-refractivity contribution >= 4 is 5.91 Å². The number of nitrogens with zero attached hydrogens (tertiary/aromatic N) is 1. The summed E-state index contributed by atoms with van der Waals surface area (Å²) >= 11 is 0. The Bertz CT molecular complexity index is 482. The molecule has 2 rings (SSSR count). The predicted molar refractivity (Wildman–Crippen MR) is 66.8 cm³/mol. The maximum Gasteiger partial charge on any atom is 0.273 e. The third-order valence-corrected chi connectivity index (χ3v) is 2.64. The predicted octanol–water partition coefficient (Wildman–Crippen LogP) is 1.49. The normalized spacial score (nSPS) is 12.1. The number of carbonyl (C=O) groups is 1. The summed E-state index contributed by atoms with van der Waals surface area (Å²) in [5, 5.41) is 6.30. The maximum absolute atomic E-state index is 11.5. The van der Waals surface area contributed by atoms with Crippen LogP contribution in [0, 0.1) is 0 Å². The first-order valence-electron chi connectivity index (χ1n) is 5.76. The Morgan fingerprint density at radius 2 is 2.11 bits per heavy atom. The van der Waals surface area contributed by atoms with E-state index in [1.54, 1.807) is 0 Å². The van der Waals surface area contributed by atoms with E-state index in [9.17, 15) is 4.79 Å². The van der Waals surface area contributed by atoms with E-state index in [0.29, 0.717) is 13.0 Å². The van der Waals surface area contributed by atoms with Crippen molar-refractivity contribution in [2.45, 2.75) is 12.5 Å². The molecule has 3 N–H and O–H groups in total. The number of carbonyl (C=O) groups excluding carboxylic acids is 1. The molecule has 5 heteroatoms. The Morgan fingerprint density at radius 1 is 1.33 bits per heavy atom. The molecule has 5 nitrogen and oxygen atoms in total. The average molecular weight is 245 g/mol. The van der Waals surface area contributed by atoms with Gasteiger partial charge in [-0.05, 0) is 12.0 Å². The van der Waals surface area contributed by atoms with Gasteiger partial charge in [-0.2, -0.15) is 0 Å². The number of nitrogens with two attached hydrogens (primary N) is 1. The van der Waals surface area contributed by atoms with Crippen LogP contribution in [-0.2, 0) is 0 Å². The molecule has 0 bridgehead atoms. The van der Waals surface area contributed by atoms with Gasteiger partial charge in [0.25, 0.3) is 5.91 Å². The molecule has 0 aliphatic carbocycles. The summed E-state index contributed by atoms with van der Waals surface area (Å²) in [5.74, 6) is -0.246. The molecule has 18 heavy (non-hydrogen) atoms. The molecule has 0 saturated carbocycles. The number of hydrogen-bond acceptors (Lipinski definition) is 4. The fraction of sp³-hybridized carbons (Fsp3) is 0.231. The summed E-state index contributed by atoms with van der Waals surface area (Å²) in [5.41, 5.74) is 7.36. The van der Waals surface area contributed by atoms with E-state index < -0.39 is 0 Å². The fourth-order valence-electron chi connectivity index (χ4n) is 1.63. The summed E-state index contributed by atoms with van der Waals surface area (Å²) in [6, 6.07) is 11.2. The molecule has 1 heterocycles. The van der Waals surface area contributed by atoms with Gasteiger partial charge in [-0.3, -0.25) is 4.79 Å². The lowest BCUT2D eigenvalue weighted by Gasteiger charge is -2.11. The zero-order valence-corrected chi connectivity index (χ0v) is 9.87. The maximum atomic E-state index is 11.5.